The van der Waals surface area contributed by atoms with Gasteiger partial charge in [-0.3, -0.25) is 9.48 Å². The summed E-state index contributed by atoms with van der Waals surface area (Å²) in [6.07, 6.45) is 1.36. The average molecular weight is 298 g/mol. The Morgan fingerprint density at radius 3 is 2.75 bits per heavy atom. The molecule has 20 heavy (non-hydrogen) atoms. The van der Waals surface area contributed by atoms with E-state index in [2.05, 4.69) is 10.4 Å². The molecule has 0 atom stereocenters. The third kappa shape index (κ3) is 3.08. The van der Waals surface area contributed by atoms with Gasteiger partial charge in [0.25, 0.3) is 11.7 Å². The summed E-state index contributed by atoms with van der Waals surface area (Å²) >= 11 is 0.371. The van der Waals surface area contributed by atoms with Gasteiger partial charge in [-0.05, 0) is 12.1 Å². The van der Waals surface area contributed by atoms with E-state index in [0.717, 1.165) is 0 Å². The average Bonchev–Trinajstić information content (AvgIpc) is 2.71. The van der Waals surface area contributed by atoms with Crippen LogP contribution >= 0.6 is 11.8 Å². The molecule has 0 aliphatic carbocycles. The molecule has 106 valence electrons. The summed E-state index contributed by atoms with van der Waals surface area (Å²) in [5.74, 6) is -3.06. The Morgan fingerprint density at radius 2 is 2.15 bits per heavy atom. The largest absolute Gasteiger partial charge is 0.396 e. The summed E-state index contributed by atoms with van der Waals surface area (Å²) in [5.41, 5.74) is 6.36. The number of hydrogen-bond acceptors (Lipinski definition) is 4. The normalized spacial score (nSPS) is 10.8. The maximum atomic E-state index is 12.5. The van der Waals surface area contributed by atoms with Gasteiger partial charge < -0.3 is 11.1 Å². The lowest BCUT2D eigenvalue weighted by Gasteiger charge is -2.10. The second-order valence-electron chi connectivity index (χ2n) is 3.90. The van der Waals surface area contributed by atoms with E-state index < -0.39 is 11.7 Å². The lowest BCUT2D eigenvalue weighted by atomic mass is 10.3. The number of para-hydroxylation sites is 1. The number of hydrogen-bond donors (Lipinski definition) is 2. The molecule has 1 aromatic carbocycles. The van der Waals surface area contributed by atoms with Crippen LogP contribution in [0.3, 0.4) is 0 Å². The number of nitrogens with zero attached hydrogens (tertiary/aromatic N) is 2. The van der Waals surface area contributed by atoms with Gasteiger partial charge in [-0.15, -0.1) is 0 Å². The Kier molecular flexibility index (Phi) is 4.23. The zero-order valence-electron chi connectivity index (χ0n) is 10.5. The Bertz CT molecular complexity index is 610. The third-order valence-corrected chi connectivity index (χ3v) is 3.32. The fraction of sp³-hybridized carbons (Fsp3) is 0.167. The van der Waals surface area contributed by atoms with Gasteiger partial charge in [0.15, 0.2) is 0 Å². The second-order valence-corrected chi connectivity index (χ2v) is 4.93. The molecule has 0 radical (unpaired) electrons. The molecule has 0 spiro atoms. The number of thioether (sulfide) groups is 1. The number of alkyl halides is 2. The summed E-state index contributed by atoms with van der Waals surface area (Å²) in [6, 6.07) is 6.34. The Morgan fingerprint density at radius 1 is 1.45 bits per heavy atom. The van der Waals surface area contributed by atoms with Crippen LogP contribution in [-0.2, 0) is 7.05 Å². The van der Waals surface area contributed by atoms with Crippen molar-refractivity contribution in [3.8, 4) is 0 Å². The monoisotopic (exact) mass is 298 g/mol. The second kappa shape index (κ2) is 5.91. The summed E-state index contributed by atoms with van der Waals surface area (Å²) in [6.45, 7) is 0. The minimum absolute atomic E-state index is 0.182. The number of carbonyl (C=O) groups excluding carboxylic acids is 1. The van der Waals surface area contributed by atoms with Gasteiger partial charge >= 0.3 is 0 Å². The molecule has 8 heteroatoms. The first-order chi connectivity index (χ1) is 9.49. The number of amides is 1. The minimum Gasteiger partial charge on any atom is -0.396 e. The zero-order chi connectivity index (χ0) is 14.7. The Hall–Kier alpha value is -2.09. The summed E-state index contributed by atoms with van der Waals surface area (Å²) in [5, 5.41) is 6.42. The van der Waals surface area contributed by atoms with Crippen molar-refractivity contribution >= 4 is 29.0 Å². The molecule has 2 aromatic rings. The predicted octanol–water partition coefficient (Wildman–Crippen LogP) is 2.57. The van der Waals surface area contributed by atoms with Gasteiger partial charge in [0, 0.05) is 11.9 Å². The highest BCUT2D eigenvalue weighted by Gasteiger charge is 2.17. The lowest BCUT2D eigenvalue weighted by Crippen LogP contribution is -2.18. The molecular formula is C12H12F2N4OS. The van der Waals surface area contributed by atoms with Crippen LogP contribution in [0.5, 0.6) is 0 Å². The van der Waals surface area contributed by atoms with Crippen LogP contribution in [0.2, 0.25) is 0 Å². The van der Waals surface area contributed by atoms with Crippen LogP contribution in [-0.4, -0.2) is 21.4 Å². The van der Waals surface area contributed by atoms with Crippen LogP contribution in [0.1, 0.15) is 10.5 Å². The van der Waals surface area contributed by atoms with Crippen LogP contribution in [0, 0.1) is 0 Å². The summed E-state index contributed by atoms with van der Waals surface area (Å²) in [7, 11) is 1.57. The highest BCUT2D eigenvalue weighted by molar-refractivity contribution is 7.99. The number of nitrogens with one attached hydrogen (secondary N) is 1. The molecule has 1 amide bonds. The quantitative estimate of drug-likeness (QED) is 0.851. The number of halogens is 2. The Labute approximate surface area is 118 Å². The number of nitrogens with two attached hydrogens (primary N) is 1. The van der Waals surface area contributed by atoms with Gasteiger partial charge in [-0.25, -0.2) is 0 Å². The van der Waals surface area contributed by atoms with Crippen molar-refractivity contribution in [1.82, 2.24) is 9.78 Å². The van der Waals surface area contributed by atoms with Crippen molar-refractivity contribution in [1.29, 1.82) is 0 Å². The third-order valence-electron chi connectivity index (χ3n) is 2.53. The molecule has 0 saturated heterocycles. The molecular weight excluding hydrogens is 286 g/mol. The van der Waals surface area contributed by atoms with E-state index in [9.17, 15) is 13.6 Å². The van der Waals surface area contributed by atoms with Crippen molar-refractivity contribution in [3.63, 3.8) is 0 Å². The maximum absolute atomic E-state index is 12.5. The van der Waals surface area contributed by atoms with Crippen LogP contribution in [0.15, 0.2) is 35.4 Å². The highest BCUT2D eigenvalue weighted by Crippen LogP contribution is 2.32. The topological polar surface area (TPSA) is 72.9 Å². The van der Waals surface area contributed by atoms with E-state index in [-0.39, 0.29) is 16.3 Å². The molecule has 0 fully saturated rings. The fourth-order valence-corrected chi connectivity index (χ4v) is 2.28. The zero-order valence-corrected chi connectivity index (χ0v) is 11.3. The lowest BCUT2D eigenvalue weighted by molar-refractivity contribution is 0.101. The summed E-state index contributed by atoms with van der Waals surface area (Å²) in [4.78, 5) is 12.4. The molecule has 1 aromatic heterocycles. The first-order valence-electron chi connectivity index (χ1n) is 5.61. The standard InChI is InChI=1S/C12H12F2N4OS/c1-18-10(7(15)6-16-18)11(19)17-8-4-2-3-5-9(8)20-12(13)14/h2-6,12H,15H2,1H3,(H,17,19). The van der Waals surface area contributed by atoms with E-state index in [4.69, 9.17) is 5.73 Å². The Balaban J connectivity index is 2.24. The molecule has 0 aliphatic heterocycles. The van der Waals surface area contributed by atoms with Crippen molar-refractivity contribution in [2.24, 2.45) is 7.05 Å². The maximum Gasteiger partial charge on any atom is 0.288 e. The van der Waals surface area contributed by atoms with Gasteiger partial charge in [-0.2, -0.15) is 13.9 Å². The molecule has 0 aliphatic rings. The van der Waals surface area contributed by atoms with Gasteiger partial charge in [0.2, 0.25) is 0 Å². The minimum atomic E-state index is -2.56. The van der Waals surface area contributed by atoms with Crippen LogP contribution in [0.4, 0.5) is 20.2 Å². The molecule has 1 heterocycles. The number of aryl methyl sites for hydroxylation is 1. The molecule has 2 rings (SSSR count). The predicted molar refractivity (Wildman–Crippen MR) is 73.9 cm³/mol. The molecule has 0 bridgehead atoms. The number of benzene rings is 1. The van der Waals surface area contributed by atoms with E-state index in [1.54, 1.807) is 25.2 Å². The van der Waals surface area contributed by atoms with Crippen LogP contribution < -0.4 is 11.1 Å². The van der Waals surface area contributed by atoms with E-state index in [1.165, 1.54) is 16.9 Å². The number of aromatic nitrogens is 2. The number of anilines is 2. The molecule has 0 saturated carbocycles. The number of nitrogen functional groups attached to an aromatic ring is 1. The highest BCUT2D eigenvalue weighted by atomic mass is 32.2. The molecule has 0 unspecified atom stereocenters. The smallest absolute Gasteiger partial charge is 0.288 e. The SMILES string of the molecule is Cn1ncc(N)c1C(=O)Nc1ccccc1SC(F)F. The van der Waals surface area contributed by atoms with Crippen molar-refractivity contribution in [2.45, 2.75) is 10.7 Å². The molecule has 3 N–H and O–H groups in total. The first kappa shape index (κ1) is 14.3. The van der Waals surface area contributed by atoms with E-state index >= 15 is 0 Å². The van der Waals surface area contributed by atoms with Crippen molar-refractivity contribution < 1.29 is 13.6 Å². The first-order valence-corrected chi connectivity index (χ1v) is 6.49. The molecule has 5 nitrogen and oxygen atoms in total. The number of carbonyl (C=O) groups is 1. The van der Waals surface area contributed by atoms with Crippen molar-refractivity contribution in [3.05, 3.63) is 36.2 Å². The fourth-order valence-electron chi connectivity index (χ4n) is 1.68. The number of rotatable bonds is 4. The summed E-state index contributed by atoms with van der Waals surface area (Å²) < 4.78 is 26.2. The van der Waals surface area contributed by atoms with E-state index in [0.29, 0.717) is 17.4 Å². The van der Waals surface area contributed by atoms with Crippen molar-refractivity contribution in [2.75, 3.05) is 11.1 Å². The van der Waals surface area contributed by atoms with E-state index in [1.807, 2.05) is 0 Å². The van der Waals surface area contributed by atoms with Gasteiger partial charge in [-0.1, -0.05) is 23.9 Å². The van der Waals surface area contributed by atoms with Gasteiger partial charge in [0.05, 0.1) is 17.6 Å². The van der Waals surface area contributed by atoms with Gasteiger partial charge in [0.1, 0.15) is 5.69 Å². The van der Waals surface area contributed by atoms with Crippen LogP contribution in [0.25, 0.3) is 0 Å².